The third-order valence-electron chi connectivity index (χ3n) is 5.30. The van der Waals surface area contributed by atoms with Crippen LogP contribution >= 0.6 is 23.2 Å². The molecule has 1 aliphatic rings. The highest BCUT2D eigenvalue weighted by atomic mass is 35.5. The molecule has 0 aliphatic carbocycles. The van der Waals surface area contributed by atoms with Crippen LogP contribution in [0.5, 0.6) is 0 Å². The summed E-state index contributed by atoms with van der Waals surface area (Å²) in [5, 5.41) is 5.52. The van der Waals surface area contributed by atoms with Gasteiger partial charge in [-0.15, -0.1) is 0 Å². The van der Waals surface area contributed by atoms with Crippen molar-refractivity contribution in [2.45, 2.75) is 39.8 Å². The molecule has 0 spiro atoms. The van der Waals surface area contributed by atoms with Crippen LogP contribution in [-0.2, 0) is 11.3 Å². The van der Waals surface area contributed by atoms with Gasteiger partial charge in [-0.05, 0) is 38.0 Å². The third kappa shape index (κ3) is 4.34. The second kappa shape index (κ2) is 8.80. The van der Waals surface area contributed by atoms with E-state index in [9.17, 15) is 9.18 Å². The van der Waals surface area contributed by atoms with Gasteiger partial charge >= 0.3 is 0 Å². The lowest BCUT2D eigenvalue weighted by Crippen LogP contribution is -2.50. The minimum atomic E-state index is -0.343. The molecule has 1 aliphatic heterocycles. The molecule has 0 radical (unpaired) electrons. The number of rotatable bonds is 5. The van der Waals surface area contributed by atoms with Gasteiger partial charge < -0.3 is 4.90 Å². The highest BCUT2D eigenvalue weighted by Crippen LogP contribution is 2.26. The number of piperazine rings is 1. The van der Waals surface area contributed by atoms with E-state index in [0.29, 0.717) is 36.1 Å². The molecule has 3 rings (SSSR count). The minimum absolute atomic E-state index is 0.0734. The van der Waals surface area contributed by atoms with Crippen molar-refractivity contribution in [2.24, 2.45) is 0 Å². The van der Waals surface area contributed by atoms with Crippen molar-refractivity contribution in [2.75, 3.05) is 26.2 Å². The van der Waals surface area contributed by atoms with Crippen LogP contribution in [0.4, 0.5) is 4.39 Å². The lowest BCUT2D eigenvalue weighted by molar-refractivity contribution is -0.137. The minimum Gasteiger partial charge on any atom is -0.338 e. The first-order valence-electron chi connectivity index (χ1n) is 9.48. The summed E-state index contributed by atoms with van der Waals surface area (Å²) >= 11 is 12.4. The van der Waals surface area contributed by atoms with Gasteiger partial charge in [0.2, 0.25) is 5.91 Å². The van der Waals surface area contributed by atoms with Crippen LogP contribution in [0.2, 0.25) is 10.0 Å². The van der Waals surface area contributed by atoms with Gasteiger partial charge in [-0.25, -0.2) is 4.39 Å². The molecule has 1 amide bonds. The van der Waals surface area contributed by atoms with Crippen molar-refractivity contribution in [1.29, 1.82) is 0 Å². The fourth-order valence-electron chi connectivity index (χ4n) is 3.63. The molecule has 1 saturated heterocycles. The molecule has 1 fully saturated rings. The Morgan fingerprint density at radius 1 is 1.21 bits per heavy atom. The van der Waals surface area contributed by atoms with Gasteiger partial charge in [0.05, 0.1) is 16.4 Å². The highest BCUT2D eigenvalue weighted by Gasteiger charge is 2.30. The van der Waals surface area contributed by atoms with E-state index >= 15 is 0 Å². The molecular weight excluding hydrogens is 402 g/mol. The van der Waals surface area contributed by atoms with Crippen molar-refractivity contribution in [3.8, 4) is 0 Å². The second-order valence-corrected chi connectivity index (χ2v) is 7.98. The van der Waals surface area contributed by atoms with E-state index < -0.39 is 0 Å². The monoisotopic (exact) mass is 426 g/mol. The first-order valence-corrected chi connectivity index (χ1v) is 10.2. The Bertz CT molecular complexity index is 862. The standard InChI is InChI=1S/C20H25Cl2FN4O/c1-4-18(27-14(3)19(22)13(2)24-27)20(28)26-9-7-25(8-10-26)12-15-5-6-16(23)11-17(15)21/h5-6,11,18H,4,7-10,12H2,1-3H3. The normalized spacial score (nSPS) is 16.4. The maximum Gasteiger partial charge on any atom is 0.247 e. The van der Waals surface area contributed by atoms with Gasteiger partial charge in [-0.2, -0.15) is 5.10 Å². The number of carbonyl (C=O) groups excluding carboxylic acids is 1. The Labute approximate surface area is 175 Å². The highest BCUT2D eigenvalue weighted by molar-refractivity contribution is 6.32. The second-order valence-electron chi connectivity index (χ2n) is 7.19. The van der Waals surface area contributed by atoms with Gasteiger partial charge in [0.25, 0.3) is 0 Å². The number of hydrogen-bond donors (Lipinski definition) is 0. The average molecular weight is 427 g/mol. The van der Waals surface area contributed by atoms with E-state index in [1.54, 1.807) is 10.7 Å². The maximum absolute atomic E-state index is 13.2. The Balaban J connectivity index is 1.63. The summed E-state index contributed by atoms with van der Waals surface area (Å²) in [6.07, 6.45) is 0.655. The summed E-state index contributed by atoms with van der Waals surface area (Å²) in [6.45, 7) is 9.14. The van der Waals surface area contributed by atoms with Crippen LogP contribution in [0.3, 0.4) is 0 Å². The lowest BCUT2D eigenvalue weighted by Gasteiger charge is -2.36. The van der Waals surface area contributed by atoms with Crippen molar-refractivity contribution in [1.82, 2.24) is 19.6 Å². The average Bonchev–Trinajstić information content (AvgIpc) is 2.92. The summed E-state index contributed by atoms with van der Waals surface area (Å²) in [4.78, 5) is 17.2. The number of halogens is 3. The molecule has 0 bridgehead atoms. The van der Waals surface area contributed by atoms with E-state index in [-0.39, 0.29) is 17.8 Å². The third-order valence-corrected chi connectivity index (χ3v) is 6.20. The van der Waals surface area contributed by atoms with Gasteiger partial charge in [0.1, 0.15) is 11.9 Å². The molecule has 5 nitrogen and oxygen atoms in total. The topological polar surface area (TPSA) is 41.4 Å². The first kappa shape index (κ1) is 21.1. The van der Waals surface area contributed by atoms with Crippen molar-refractivity contribution < 1.29 is 9.18 Å². The van der Waals surface area contributed by atoms with Crippen LogP contribution in [0.25, 0.3) is 0 Å². The van der Waals surface area contributed by atoms with Crippen LogP contribution in [-0.4, -0.2) is 51.7 Å². The number of aromatic nitrogens is 2. The Morgan fingerprint density at radius 2 is 1.89 bits per heavy atom. The number of carbonyl (C=O) groups is 1. The Kier molecular flexibility index (Phi) is 6.63. The molecule has 152 valence electrons. The number of aryl methyl sites for hydroxylation is 1. The molecule has 2 aromatic rings. The van der Waals surface area contributed by atoms with Crippen molar-refractivity contribution in [3.63, 3.8) is 0 Å². The Hall–Kier alpha value is -1.63. The zero-order valence-corrected chi connectivity index (χ0v) is 17.9. The molecule has 0 N–H and O–H groups in total. The van der Waals surface area contributed by atoms with E-state index in [2.05, 4.69) is 10.00 Å². The molecule has 2 heterocycles. The Morgan fingerprint density at radius 3 is 2.43 bits per heavy atom. The van der Waals surface area contributed by atoms with Gasteiger partial charge in [-0.1, -0.05) is 36.2 Å². The quantitative estimate of drug-likeness (QED) is 0.717. The number of amides is 1. The molecule has 1 aromatic carbocycles. The van der Waals surface area contributed by atoms with Gasteiger partial charge in [0.15, 0.2) is 0 Å². The van der Waals surface area contributed by atoms with E-state index in [1.807, 2.05) is 25.7 Å². The molecule has 1 aromatic heterocycles. The first-order chi connectivity index (χ1) is 13.3. The summed E-state index contributed by atoms with van der Waals surface area (Å²) in [5.74, 6) is -0.261. The van der Waals surface area contributed by atoms with Crippen LogP contribution in [0.1, 0.15) is 36.3 Å². The van der Waals surface area contributed by atoms with Gasteiger partial charge in [0, 0.05) is 37.7 Å². The van der Waals surface area contributed by atoms with Crippen molar-refractivity contribution in [3.05, 3.63) is 51.0 Å². The predicted octanol–water partition coefficient (Wildman–Crippen LogP) is 4.24. The van der Waals surface area contributed by atoms with Gasteiger partial charge in [-0.3, -0.25) is 14.4 Å². The SMILES string of the molecule is CCC(C(=O)N1CCN(Cc2ccc(F)cc2Cl)CC1)n1nc(C)c(Cl)c1C. The van der Waals surface area contributed by atoms with E-state index in [4.69, 9.17) is 23.2 Å². The summed E-state index contributed by atoms with van der Waals surface area (Å²) in [6, 6.07) is 4.13. The molecule has 1 atom stereocenters. The fourth-order valence-corrected chi connectivity index (χ4v) is 3.98. The molecule has 28 heavy (non-hydrogen) atoms. The number of nitrogens with zero attached hydrogens (tertiary/aromatic N) is 4. The smallest absolute Gasteiger partial charge is 0.247 e. The molecule has 8 heteroatoms. The van der Waals surface area contributed by atoms with Crippen LogP contribution < -0.4 is 0 Å². The number of hydrogen-bond acceptors (Lipinski definition) is 3. The molecule has 1 unspecified atom stereocenters. The van der Waals surface area contributed by atoms with Crippen molar-refractivity contribution >= 4 is 29.1 Å². The predicted molar refractivity (Wildman–Crippen MR) is 109 cm³/mol. The van der Waals surface area contributed by atoms with E-state index in [0.717, 1.165) is 30.0 Å². The summed E-state index contributed by atoms with van der Waals surface area (Å²) in [5.41, 5.74) is 2.46. The largest absolute Gasteiger partial charge is 0.338 e. The number of benzene rings is 1. The lowest BCUT2D eigenvalue weighted by atomic mass is 10.1. The maximum atomic E-state index is 13.2. The fraction of sp³-hybridized carbons (Fsp3) is 0.500. The zero-order chi connectivity index (χ0) is 20.4. The summed E-state index contributed by atoms with van der Waals surface area (Å²) < 4.78 is 15.0. The summed E-state index contributed by atoms with van der Waals surface area (Å²) in [7, 11) is 0. The van der Waals surface area contributed by atoms with E-state index in [1.165, 1.54) is 12.1 Å². The molecular formula is C20H25Cl2FN4O. The van der Waals surface area contributed by atoms with Crippen LogP contribution in [0, 0.1) is 19.7 Å². The van der Waals surface area contributed by atoms with Crippen LogP contribution in [0.15, 0.2) is 18.2 Å². The zero-order valence-electron chi connectivity index (χ0n) is 16.4. The molecule has 0 saturated carbocycles.